The number of aryl methyl sites for hydroxylation is 1. The Morgan fingerprint density at radius 1 is 1.16 bits per heavy atom. The normalized spacial score (nSPS) is 15.3. The highest BCUT2D eigenvalue weighted by Gasteiger charge is 2.34. The first-order valence-corrected chi connectivity index (χ1v) is 11.2. The monoisotopic (exact) mass is 466 g/mol. The minimum absolute atomic E-state index is 0.124. The summed E-state index contributed by atoms with van der Waals surface area (Å²) in [6.45, 7) is 2.03. The lowest BCUT2D eigenvalue weighted by atomic mass is 10.1. The number of aromatic nitrogens is 2. The molecule has 0 aliphatic carbocycles. The predicted molar refractivity (Wildman–Crippen MR) is 125 cm³/mol. The Morgan fingerprint density at radius 3 is 2.62 bits per heavy atom. The molecule has 0 saturated heterocycles. The number of anilines is 1. The first-order chi connectivity index (χ1) is 15.5. The molecular formula is C23H19ClN4O3S. The third-order valence-corrected chi connectivity index (χ3v) is 6.81. The molecule has 32 heavy (non-hydrogen) atoms. The third kappa shape index (κ3) is 3.32. The van der Waals surface area contributed by atoms with Crippen molar-refractivity contribution in [3.63, 3.8) is 0 Å². The Labute approximate surface area is 193 Å². The van der Waals surface area contributed by atoms with Gasteiger partial charge in [0.25, 0.3) is 11.8 Å². The number of ether oxygens (including phenoxy) is 1. The van der Waals surface area contributed by atoms with Crippen LogP contribution in [-0.4, -0.2) is 41.3 Å². The van der Waals surface area contributed by atoms with E-state index in [2.05, 4.69) is 10.4 Å². The molecule has 0 radical (unpaired) electrons. The number of amides is 2. The van der Waals surface area contributed by atoms with E-state index in [1.54, 1.807) is 22.7 Å². The molecule has 2 amide bonds. The van der Waals surface area contributed by atoms with Crippen LogP contribution in [0.3, 0.4) is 0 Å². The van der Waals surface area contributed by atoms with E-state index in [4.69, 9.17) is 16.3 Å². The number of fused-ring (bicyclic) bond motifs is 2. The van der Waals surface area contributed by atoms with Gasteiger partial charge in [-0.25, -0.2) is 4.68 Å². The Bertz CT molecular complexity index is 1360. The van der Waals surface area contributed by atoms with Crippen LogP contribution in [0.5, 0.6) is 5.75 Å². The van der Waals surface area contributed by atoms with Gasteiger partial charge >= 0.3 is 0 Å². The van der Waals surface area contributed by atoms with Gasteiger partial charge in [0, 0.05) is 12.4 Å². The molecule has 1 atom stereocenters. The molecular weight excluding hydrogens is 448 g/mol. The maximum atomic E-state index is 13.6. The van der Waals surface area contributed by atoms with E-state index < -0.39 is 6.10 Å². The van der Waals surface area contributed by atoms with Crippen LogP contribution >= 0.6 is 22.9 Å². The van der Waals surface area contributed by atoms with Crippen molar-refractivity contribution >= 4 is 50.7 Å². The minimum atomic E-state index is -0.784. The smallest absolute Gasteiger partial charge is 0.268 e. The lowest BCUT2D eigenvalue weighted by Crippen LogP contribution is -2.50. The summed E-state index contributed by atoms with van der Waals surface area (Å²) < 4.78 is 7.60. The summed E-state index contributed by atoms with van der Waals surface area (Å²) in [5, 5.41) is 8.69. The molecule has 3 heterocycles. The molecule has 1 unspecified atom stereocenters. The van der Waals surface area contributed by atoms with Crippen LogP contribution in [0.25, 0.3) is 15.9 Å². The number of para-hydroxylation sites is 3. The van der Waals surface area contributed by atoms with E-state index in [0.717, 1.165) is 21.6 Å². The number of benzene rings is 2. The summed E-state index contributed by atoms with van der Waals surface area (Å²) in [5.41, 5.74) is 2.20. The van der Waals surface area contributed by atoms with Gasteiger partial charge in [0.2, 0.25) is 0 Å². The summed E-state index contributed by atoms with van der Waals surface area (Å²) in [4.78, 5) is 28.9. The number of halogens is 1. The van der Waals surface area contributed by atoms with Crippen molar-refractivity contribution in [3.8, 4) is 11.4 Å². The molecule has 1 N–H and O–H groups in total. The lowest BCUT2D eigenvalue weighted by molar-refractivity contribution is -0.127. The summed E-state index contributed by atoms with van der Waals surface area (Å²) in [5.74, 6) is 0.0278. The lowest BCUT2D eigenvalue weighted by Gasteiger charge is -2.33. The molecule has 4 aromatic rings. The van der Waals surface area contributed by atoms with Crippen molar-refractivity contribution < 1.29 is 14.3 Å². The fraction of sp³-hybridized carbons (Fsp3) is 0.174. The van der Waals surface area contributed by atoms with Crippen LogP contribution in [-0.2, 0) is 4.79 Å². The molecule has 1 aliphatic rings. The number of nitrogens with one attached hydrogen (secondary N) is 1. The van der Waals surface area contributed by atoms with Gasteiger partial charge in [-0.05, 0) is 37.3 Å². The highest BCUT2D eigenvalue weighted by atomic mass is 35.5. The van der Waals surface area contributed by atoms with Crippen LogP contribution in [0.1, 0.15) is 15.4 Å². The van der Waals surface area contributed by atoms with Gasteiger partial charge in [-0.3, -0.25) is 14.5 Å². The van der Waals surface area contributed by atoms with Gasteiger partial charge in [0.15, 0.2) is 6.10 Å². The van der Waals surface area contributed by atoms with Crippen LogP contribution in [0, 0.1) is 6.92 Å². The number of thiophene rings is 1. The average Bonchev–Trinajstić information content (AvgIpc) is 3.38. The molecule has 2 aromatic heterocycles. The van der Waals surface area contributed by atoms with Gasteiger partial charge in [-0.1, -0.05) is 35.9 Å². The molecule has 1 aliphatic heterocycles. The van der Waals surface area contributed by atoms with Crippen molar-refractivity contribution in [3.05, 3.63) is 70.2 Å². The second-order valence-electron chi connectivity index (χ2n) is 7.38. The fourth-order valence-electron chi connectivity index (χ4n) is 3.80. The topological polar surface area (TPSA) is 76.5 Å². The molecule has 0 fully saturated rings. The van der Waals surface area contributed by atoms with Crippen molar-refractivity contribution in [2.45, 2.75) is 13.0 Å². The fourth-order valence-corrected chi connectivity index (χ4v) is 5.14. The average molecular weight is 467 g/mol. The summed E-state index contributed by atoms with van der Waals surface area (Å²) >= 11 is 7.74. The number of carbonyl (C=O) groups is 2. The van der Waals surface area contributed by atoms with E-state index in [9.17, 15) is 9.59 Å². The van der Waals surface area contributed by atoms with E-state index >= 15 is 0 Å². The van der Waals surface area contributed by atoms with Gasteiger partial charge in [-0.2, -0.15) is 5.10 Å². The standard InChI is InChI=1S/C23H19ClN4O3S/c1-13-14-11-20(32-23(14)28(26-13)16-8-4-3-7-15(16)24)22(30)27-12-19(21(29)25-2)31-18-10-6-5-9-17(18)27/h3-11,19H,12H2,1-2H3,(H,25,29). The first-order valence-electron chi connectivity index (χ1n) is 10.0. The van der Waals surface area contributed by atoms with Crippen LogP contribution in [0.4, 0.5) is 5.69 Å². The van der Waals surface area contributed by atoms with Gasteiger partial charge in [0.05, 0.1) is 33.5 Å². The Balaban J connectivity index is 1.57. The predicted octanol–water partition coefficient (Wildman–Crippen LogP) is 4.20. The zero-order valence-electron chi connectivity index (χ0n) is 17.3. The molecule has 0 saturated carbocycles. The number of hydrogen-bond acceptors (Lipinski definition) is 5. The summed E-state index contributed by atoms with van der Waals surface area (Å²) in [6, 6.07) is 16.5. The highest BCUT2D eigenvalue weighted by molar-refractivity contribution is 7.20. The van der Waals surface area contributed by atoms with Crippen molar-refractivity contribution in [1.29, 1.82) is 0 Å². The van der Waals surface area contributed by atoms with E-state index in [1.165, 1.54) is 11.3 Å². The van der Waals surface area contributed by atoms with Crippen LogP contribution < -0.4 is 15.0 Å². The molecule has 5 rings (SSSR count). The van der Waals surface area contributed by atoms with E-state index in [0.29, 0.717) is 21.3 Å². The van der Waals surface area contributed by atoms with Gasteiger partial charge < -0.3 is 10.1 Å². The number of hydrogen-bond donors (Lipinski definition) is 1. The zero-order valence-corrected chi connectivity index (χ0v) is 18.9. The molecule has 7 nitrogen and oxygen atoms in total. The van der Waals surface area contributed by atoms with Crippen molar-refractivity contribution in [2.75, 3.05) is 18.5 Å². The quantitative estimate of drug-likeness (QED) is 0.491. The summed E-state index contributed by atoms with van der Waals surface area (Å²) in [7, 11) is 1.55. The Hall–Kier alpha value is -3.36. The molecule has 0 spiro atoms. The van der Waals surface area contributed by atoms with Gasteiger partial charge in [0.1, 0.15) is 10.6 Å². The largest absolute Gasteiger partial charge is 0.477 e. The maximum Gasteiger partial charge on any atom is 0.268 e. The van der Waals surface area contributed by atoms with Crippen molar-refractivity contribution in [1.82, 2.24) is 15.1 Å². The van der Waals surface area contributed by atoms with Crippen LogP contribution in [0.2, 0.25) is 5.02 Å². The third-order valence-electron chi connectivity index (χ3n) is 5.39. The minimum Gasteiger partial charge on any atom is -0.477 e. The number of carbonyl (C=O) groups excluding carboxylic acids is 2. The highest BCUT2D eigenvalue weighted by Crippen LogP contribution is 2.37. The Morgan fingerprint density at radius 2 is 1.88 bits per heavy atom. The summed E-state index contributed by atoms with van der Waals surface area (Å²) in [6.07, 6.45) is -0.784. The number of nitrogens with zero attached hydrogens (tertiary/aromatic N) is 3. The zero-order chi connectivity index (χ0) is 22.4. The van der Waals surface area contributed by atoms with E-state index in [-0.39, 0.29) is 18.4 Å². The number of rotatable bonds is 3. The number of likely N-dealkylation sites (N-methyl/N-ethyl adjacent to an activating group) is 1. The second kappa shape index (κ2) is 7.96. The first kappa shape index (κ1) is 20.5. The molecule has 9 heteroatoms. The maximum absolute atomic E-state index is 13.6. The molecule has 162 valence electrons. The van der Waals surface area contributed by atoms with Crippen LogP contribution in [0.15, 0.2) is 54.6 Å². The Kier molecular flexibility index (Phi) is 5.11. The molecule has 0 bridgehead atoms. The van der Waals surface area contributed by atoms with Gasteiger partial charge in [-0.15, -0.1) is 11.3 Å². The van der Waals surface area contributed by atoms with E-state index in [1.807, 2.05) is 55.5 Å². The van der Waals surface area contributed by atoms with Crippen molar-refractivity contribution in [2.24, 2.45) is 0 Å². The SMILES string of the molecule is CNC(=O)C1CN(C(=O)c2cc3c(C)nn(-c4ccccc4Cl)c3s2)c2ccccc2O1. The molecule has 2 aromatic carbocycles. The second-order valence-corrected chi connectivity index (χ2v) is 8.82.